The van der Waals surface area contributed by atoms with Gasteiger partial charge in [0.1, 0.15) is 5.60 Å². The van der Waals surface area contributed by atoms with Gasteiger partial charge < -0.3 is 10.1 Å². The molecule has 0 spiro atoms. The van der Waals surface area contributed by atoms with Crippen molar-refractivity contribution in [3.8, 4) is 0 Å². The van der Waals surface area contributed by atoms with E-state index in [0.29, 0.717) is 5.69 Å². The molecule has 1 unspecified atom stereocenters. The van der Waals surface area contributed by atoms with E-state index in [4.69, 9.17) is 4.74 Å². The number of alkyl carbamates (subject to hydrolysis) is 1. The summed E-state index contributed by atoms with van der Waals surface area (Å²) < 4.78 is 26.8. The number of nitrogens with one attached hydrogen (secondary N) is 1. The summed E-state index contributed by atoms with van der Waals surface area (Å²) in [6.07, 6.45) is -0.634. The molecule has 10 heteroatoms. The van der Waals surface area contributed by atoms with Gasteiger partial charge in [0.2, 0.25) is 0 Å². The average molecular weight is 345 g/mol. The number of amides is 1. The fourth-order valence-electron chi connectivity index (χ4n) is 1.61. The molecule has 0 radical (unpaired) electrons. The molecule has 1 amide bonds. The Morgan fingerprint density at radius 1 is 1.39 bits per heavy atom. The van der Waals surface area contributed by atoms with Crippen molar-refractivity contribution >= 4 is 28.7 Å². The first kappa shape index (κ1) is 18.8. The van der Waals surface area contributed by atoms with E-state index in [1.165, 1.54) is 24.3 Å². The normalized spacial score (nSPS) is 12.3. The Kier molecular flexibility index (Phi) is 6.46. The molecular formula is C13H19N3O6S. The number of nitro benzene ring substituents is 1. The molecule has 9 nitrogen and oxygen atoms in total. The van der Waals surface area contributed by atoms with Crippen LogP contribution in [0.3, 0.4) is 0 Å². The van der Waals surface area contributed by atoms with Gasteiger partial charge in [-0.15, -0.1) is 0 Å². The Bertz CT molecular complexity index is 584. The van der Waals surface area contributed by atoms with Crippen LogP contribution in [0.5, 0.6) is 0 Å². The van der Waals surface area contributed by atoms with E-state index >= 15 is 0 Å². The molecule has 0 bridgehead atoms. The molecular weight excluding hydrogens is 326 g/mol. The third kappa shape index (κ3) is 6.61. The van der Waals surface area contributed by atoms with Gasteiger partial charge >= 0.3 is 6.09 Å². The van der Waals surface area contributed by atoms with Crippen LogP contribution in [0, 0.1) is 10.1 Å². The van der Waals surface area contributed by atoms with Gasteiger partial charge in [-0.05, 0) is 32.9 Å². The number of hydrogen-bond donors (Lipinski definition) is 2. The first-order chi connectivity index (χ1) is 10.6. The Morgan fingerprint density at radius 2 is 1.96 bits per heavy atom. The minimum Gasteiger partial charge on any atom is -0.444 e. The first-order valence-corrected chi connectivity index (χ1v) is 7.76. The zero-order valence-corrected chi connectivity index (χ0v) is 13.8. The third-order valence-electron chi connectivity index (χ3n) is 2.52. The molecule has 1 rings (SSSR count). The molecule has 23 heavy (non-hydrogen) atoms. The van der Waals surface area contributed by atoms with Crippen molar-refractivity contribution in [1.29, 1.82) is 0 Å². The number of nitro groups is 1. The number of rotatable bonds is 6. The second-order valence-electron chi connectivity index (χ2n) is 5.54. The predicted octanol–water partition coefficient (Wildman–Crippen LogP) is 2.06. The summed E-state index contributed by atoms with van der Waals surface area (Å²) >= 11 is -2.33. The molecule has 0 saturated carbocycles. The van der Waals surface area contributed by atoms with Crippen molar-refractivity contribution in [2.75, 3.05) is 17.4 Å². The highest BCUT2D eigenvalue weighted by atomic mass is 32.2. The molecule has 0 aliphatic carbocycles. The highest BCUT2D eigenvalue weighted by Gasteiger charge is 2.17. The van der Waals surface area contributed by atoms with Crippen LogP contribution in [0.1, 0.15) is 20.8 Å². The topological polar surface area (TPSA) is 122 Å². The van der Waals surface area contributed by atoms with E-state index in [9.17, 15) is 23.7 Å². The first-order valence-electron chi connectivity index (χ1n) is 6.70. The van der Waals surface area contributed by atoms with Crippen LogP contribution >= 0.6 is 0 Å². The van der Waals surface area contributed by atoms with Crippen molar-refractivity contribution in [3.63, 3.8) is 0 Å². The van der Waals surface area contributed by atoms with E-state index in [1.807, 2.05) is 0 Å². The van der Waals surface area contributed by atoms with Gasteiger partial charge in [-0.1, -0.05) is 0 Å². The zero-order valence-electron chi connectivity index (χ0n) is 13.0. The van der Waals surface area contributed by atoms with E-state index in [-0.39, 0.29) is 18.8 Å². The summed E-state index contributed by atoms with van der Waals surface area (Å²) in [5, 5.41) is 13.1. The highest BCUT2D eigenvalue weighted by molar-refractivity contribution is 7.80. The molecule has 1 aromatic carbocycles. The fourth-order valence-corrected chi connectivity index (χ4v) is 2.16. The molecule has 0 saturated heterocycles. The van der Waals surface area contributed by atoms with Gasteiger partial charge in [0.25, 0.3) is 17.0 Å². The van der Waals surface area contributed by atoms with Gasteiger partial charge in [-0.25, -0.2) is 9.00 Å². The summed E-state index contributed by atoms with van der Waals surface area (Å²) in [5.41, 5.74) is -0.436. The second-order valence-corrected chi connectivity index (χ2v) is 6.44. The van der Waals surface area contributed by atoms with E-state index in [0.717, 1.165) is 4.31 Å². The van der Waals surface area contributed by atoms with Crippen LogP contribution in [0.15, 0.2) is 24.3 Å². The second kappa shape index (κ2) is 7.88. The lowest BCUT2D eigenvalue weighted by Crippen LogP contribution is -2.38. The summed E-state index contributed by atoms with van der Waals surface area (Å²) in [6.45, 7) is 5.26. The molecule has 128 valence electrons. The lowest BCUT2D eigenvalue weighted by Gasteiger charge is -2.22. The highest BCUT2D eigenvalue weighted by Crippen LogP contribution is 2.20. The molecule has 2 N–H and O–H groups in total. The molecule has 0 heterocycles. The van der Waals surface area contributed by atoms with Crippen molar-refractivity contribution < 1.29 is 23.2 Å². The summed E-state index contributed by atoms with van der Waals surface area (Å²) in [5.74, 6) is 0. The molecule has 1 aromatic rings. The number of non-ortho nitro benzene ring substituents is 1. The smallest absolute Gasteiger partial charge is 0.407 e. The SMILES string of the molecule is CC(C)(C)OC(=O)NCCN(c1ccc([N+](=O)[O-])cc1)S(=O)O. The summed E-state index contributed by atoms with van der Waals surface area (Å²) in [7, 11) is 0. The van der Waals surface area contributed by atoms with Crippen LogP contribution in [-0.4, -0.2) is 38.5 Å². The number of carbonyl (C=O) groups excluding carboxylic acids is 1. The number of hydrogen-bond acceptors (Lipinski definition) is 5. The van der Waals surface area contributed by atoms with Crippen molar-refractivity contribution in [2.24, 2.45) is 0 Å². The summed E-state index contributed by atoms with van der Waals surface area (Å²) in [6, 6.07) is 5.19. The maximum Gasteiger partial charge on any atom is 0.407 e. The van der Waals surface area contributed by atoms with E-state index in [1.54, 1.807) is 20.8 Å². The van der Waals surface area contributed by atoms with Crippen LogP contribution < -0.4 is 9.62 Å². The third-order valence-corrected chi connectivity index (χ3v) is 3.29. The minimum atomic E-state index is -2.33. The Hall–Kier alpha value is -2.20. The van der Waals surface area contributed by atoms with Crippen molar-refractivity contribution in [3.05, 3.63) is 34.4 Å². The average Bonchev–Trinajstić information content (AvgIpc) is 2.41. The van der Waals surface area contributed by atoms with E-state index < -0.39 is 27.9 Å². The maximum atomic E-state index is 11.5. The lowest BCUT2D eigenvalue weighted by molar-refractivity contribution is -0.384. The van der Waals surface area contributed by atoms with Gasteiger partial charge in [-0.3, -0.25) is 19.0 Å². The number of anilines is 1. The minimum absolute atomic E-state index is 0.0279. The predicted molar refractivity (Wildman–Crippen MR) is 85.5 cm³/mol. The number of carbonyl (C=O) groups is 1. The molecule has 0 aromatic heterocycles. The van der Waals surface area contributed by atoms with Gasteiger partial charge in [0.05, 0.1) is 17.2 Å². The summed E-state index contributed by atoms with van der Waals surface area (Å²) in [4.78, 5) is 21.5. The monoisotopic (exact) mass is 345 g/mol. The van der Waals surface area contributed by atoms with Crippen LogP contribution in [0.25, 0.3) is 0 Å². The maximum absolute atomic E-state index is 11.5. The number of ether oxygens (including phenoxy) is 1. The van der Waals surface area contributed by atoms with Crippen LogP contribution in [-0.2, 0) is 16.0 Å². The zero-order chi connectivity index (χ0) is 17.6. The van der Waals surface area contributed by atoms with Gasteiger partial charge in [-0.2, -0.15) is 0 Å². The van der Waals surface area contributed by atoms with E-state index in [2.05, 4.69) is 5.32 Å². The Labute approximate surface area is 136 Å². The number of nitrogens with zero attached hydrogens (tertiary/aromatic N) is 2. The van der Waals surface area contributed by atoms with Crippen molar-refractivity contribution in [2.45, 2.75) is 26.4 Å². The molecule has 0 fully saturated rings. The van der Waals surface area contributed by atoms with Gasteiger partial charge in [0.15, 0.2) is 0 Å². The molecule has 0 aliphatic heterocycles. The van der Waals surface area contributed by atoms with Crippen LogP contribution in [0.4, 0.5) is 16.2 Å². The fraction of sp³-hybridized carbons (Fsp3) is 0.462. The molecule has 1 atom stereocenters. The van der Waals surface area contributed by atoms with Crippen LogP contribution in [0.2, 0.25) is 0 Å². The Morgan fingerprint density at radius 3 is 2.39 bits per heavy atom. The molecule has 0 aliphatic rings. The standard InChI is InChI=1S/C13H19N3O6S/c1-13(2,3)22-12(17)14-8-9-15(23(20)21)10-4-6-11(7-5-10)16(18)19/h4-7H,8-9H2,1-3H3,(H,14,17)(H,20,21). The quantitative estimate of drug-likeness (QED) is 0.462. The lowest BCUT2D eigenvalue weighted by atomic mass is 10.2. The van der Waals surface area contributed by atoms with Crippen molar-refractivity contribution in [1.82, 2.24) is 5.32 Å². The number of benzene rings is 1. The Balaban J connectivity index is 2.64. The van der Waals surface area contributed by atoms with Gasteiger partial charge in [0, 0.05) is 18.7 Å². The largest absolute Gasteiger partial charge is 0.444 e.